The van der Waals surface area contributed by atoms with E-state index >= 15 is 0 Å². The third-order valence-electron chi connectivity index (χ3n) is 4.05. The maximum atomic E-state index is 12.5. The van der Waals surface area contributed by atoms with E-state index in [0.29, 0.717) is 0 Å². The standard InChI is InChI=1S/C19H20N2O/c1-14-7-8-16(15(2)13-14)9-10-19(22)21-12-4-5-17-18(21)6-3-11-20-17/h3,6-11,13H,4-5,12H2,1-2H3/b10-9+. The zero-order chi connectivity index (χ0) is 15.5. The van der Waals surface area contributed by atoms with E-state index in [4.69, 9.17) is 0 Å². The van der Waals surface area contributed by atoms with Crippen LogP contribution in [-0.4, -0.2) is 17.4 Å². The lowest BCUT2D eigenvalue weighted by molar-refractivity contribution is -0.114. The van der Waals surface area contributed by atoms with Crippen LogP contribution in [0.2, 0.25) is 0 Å². The molecule has 3 rings (SSSR count). The van der Waals surface area contributed by atoms with Gasteiger partial charge in [-0.25, -0.2) is 0 Å². The van der Waals surface area contributed by atoms with Crippen molar-refractivity contribution >= 4 is 17.7 Å². The highest BCUT2D eigenvalue weighted by molar-refractivity contribution is 6.04. The molecule has 0 saturated heterocycles. The van der Waals surface area contributed by atoms with Gasteiger partial charge in [-0.15, -0.1) is 0 Å². The van der Waals surface area contributed by atoms with Crippen molar-refractivity contribution in [2.24, 2.45) is 0 Å². The number of hydrogen-bond donors (Lipinski definition) is 0. The molecule has 2 heterocycles. The van der Waals surface area contributed by atoms with Gasteiger partial charge in [-0.3, -0.25) is 9.78 Å². The average molecular weight is 292 g/mol. The van der Waals surface area contributed by atoms with Crippen molar-refractivity contribution in [3.63, 3.8) is 0 Å². The molecule has 1 aliphatic heterocycles. The minimum Gasteiger partial charge on any atom is -0.307 e. The van der Waals surface area contributed by atoms with Gasteiger partial charge in [0.2, 0.25) is 0 Å². The molecule has 0 fully saturated rings. The van der Waals surface area contributed by atoms with E-state index in [9.17, 15) is 4.79 Å². The number of carbonyl (C=O) groups is 1. The number of nitrogens with zero attached hydrogens (tertiary/aromatic N) is 2. The summed E-state index contributed by atoms with van der Waals surface area (Å²) in [6, 6.07) is 10.1. The summed E-state index contributed by atoms with van der Waals surface area (Å²) >= 11 is 0. The molecule has 0 N–H and O–H groups in total. The first-order valence-corrected chi connectivity index (χ1v) is 7.66. The van der Waals surface area contributed by atoms with Crippen molar-refractivity contribution in [1.82, 2.24) is 4.98 Å². The monoisotopic (exact) mass is 292 g/mol. The molecule has 0 spiro atoms. The number of aromatic nitrogens is 1. The SMILES string of the molecule is Cc1ccc(/C=C/C(=O)N2CCCc3ncccc32)c(C)c1. The summed E-state index contributed by atoms with van der Waals surface area (Å²) in [5.74, 6) is 0.0222. The van der Waals surface area contributed by atoms with Gasteiger partial charge in [0.15, 0.2) is 0 Å². The van der Waals surface area contributed by atoms with E-state index in [-0.39, 0.29) is 5.91 Å². The normalized spacial score (nSPS) is 14.2. The van der Waals surface area contributed by atoms with Crippen LogP contribution < -0.4 is 4.90 Å². The lowest BCUT2D eigenvalue weighted by Crippen LogP contribution is -2.34. The molecule has 1 amide bonds. The van der Waals surface area contributed by atoms with E-state index in [2.05, 4.69) is 37.0 Å². The Morgan fingerprint density at radius 1 is 1.27 bits per heavy atom. The van der Waals surface area contributed by atoms with Crippen LogP contribution in [0.5, 0.6) is 0 Å². The largest absolute Gasteiger partial charge is 0.307 e. The van der Waals surface area contributed by atoms with Crippen LogP contribution in [0.4, 0.5) is 5.69 Å². The quantitative estimate of drug-likeness (QED) is 0.791. The molecule has 0 unspecified atom stereocenters. The molecule has 0 saturated carbocycles. The van der Waals surface area contributed by atoms with Gasteiger partial charge in [-0.2, -0.15) is 0 Å². The number of hydrogen-bond acceptors (Lipinski definition) is 2. The molecular formula is C19H20N2O. The van der Waals surface area contributed by atoms with Crippen LogP contribution in [0.25, 0.3) is 6.08 Å². The predicted octanol–water partition coefficient (Wildman–Crippen LogP) is 3.69. The highest BCUT2D eigenvalue weighted by Gasteiger charge is 2.21. The summed E-state index contributed by atoms with van der Waals surface area (Å²) in [6.07, 6.45) is 7.27. The van der Waals surface area contributed by atoms with Crippen LogP contribution in [0, 0.1) is 13.8 Å². The summed E-state index contributed by atoms with van der Waals surface area (Å²) in [5, 5.41) is 0. The van der Waals surface area contributed by atoms with Crippen LogP contribution in [0.15, 0.2) is 42.6 Å². The highest BCUT2D eigenvalue weighted by Crippen LogP contribution is 2.25. The zero-order valence-corrected chi connectivity index (χ0v) is 13.0. The van der Waals surface area contributed by atoms with Crippen molar-refractivity contribution in [2.45, 2.75) is 26.7 Å². The molecule has 0 aliphatic carbocycles. The topological polar surface area (TPSA) is 33.2 Å². The molecule has 22 heavy (non-hydrogen) atoms. The maximum Gasteiger partial charge on any atom is 0.251 e. The molecule has 0 atom stereocenters. The Morgan fingerprint density at radius 2 is 2.14 bits per heavy atom. The summed E-state index contributed by atoms with van der Waals surface area (Å²) in [5.41, 5.74) is 5.47. The number of fused-ring (bicyclic) bond motifs is 1. The minimum atomic E-state index is 0.0222. The van der Waals surface area contributed by atoms with E-state index < -0.39 is 0 Å². The van der Waals surface area contributed by atoms with Gasteiger partial charge in [0.1, 0.15) is 0 Å². The number of amides is 1. The van der Waals surface area contributed by atoms with Gasteiger partial charge in [0.05, 0.1) is 11.4 Å². The van der Waals surface area contributed by atoms with Gasteiger partial charge >= 0.3 is 0 Å². The Morgan fingerprint density at radius 3 is 2.95 bits per heavy atom. The summed E-state index contributed by atoms with van der Waals surface area (Å²) in [7, 11) is 0. The van der Waals surface area contributed by atoms with E-state index in [1.807, 2.05) is 23.1 Å². The lowest BCUT2D eigenvalue weighted by atomic mass is 10.0. The van der Waals surface area contributed by atoms with E-state index in [1.54, 1.807) is 12.3 Å². The Labute approximate surface area is 131 Å². The van der Waals surface area contributed by atoms with Gasteiger partial charge in [-0.05, 0) is 56.0 Å². The lowest BCUT2D eigenvalue weighted by Gasteiger charge is -2.27. The third kappa shape index (κ3) is 2.93. The molecule has 0 bridgehead atoms. The van der Waals surface area contributed by atoms with Crippen molar-refractivity contribution in [3.05, 3.63) is 65.0 Å². The number of aryl methyl sites for hydroxylation is 3. The first-order chi connectivity index (χ1) is 10.6. The van der Waals surface area contributed by atoms with E-state index in [1.165, 1.54) is 11.1 Å². The highest BCUT2D eigenvalue weighted by atomic mass is 16.2. The first kappa shape index (κ1) is 14.5. The van der Waals surface area contributed by atoms with Gasteiger partial charge < -0.3 is 4.90 Å². The fraction of sp³-hybridized carbons (Fsp3) is 0.263. The molecule has 3 nitrogen and oxygen atoms in total. The molecule has 0 radical (unpaired) electrons. The summed E-state index contributed by atoms with van der Waals surface area (Å²) in [6.45, 7) is 4.90. The van der Waals surface area contributed by atoms with Gasteiger partial charge in [0, 0.05) is 18.8 Å². The van der Waals surface area contributed by atoms with Crippen LogP contribution in [0.1, 0.15) is 28.8 Å². The Kier molecular flexibility index (Phi) is 4.05. The third-order valence-corrected chi connectivity index (χ3v) is 4.05. The Balaban J connectivity index is 1.82. The van der Waals surface area contributed by atoms with Crippen molar-refractivity contribution in [1.29, 1.82) is 0 Å². The maximum absolute atomic E-state index is 12.5. The molecule has 1 aliphatic rings. The fourth-order valence-corrected chi connectivity index (χ4v) is 2.89. The number of benzene rings is 1. The molecule has 112 valence electrons. The number of anilines is 1. The molecular weight excluding hydrogens is 272 g/mol. The Bertz CT molecular complexity index is 734. The summed E-state index contributed by atoms with van der Waals surface area (Å²) in [4.78, 5) is 18.7. The first-order valence-electron chi connectivity index (χ1n) is 7.66. The fourth-order valence-electron chi connectivity index (χ4n) is 2.89. The second-order valence-electron chi connectivity index (χ2n) is 5.76. The van der Waals surface area contributed by atoms with Gasteiger partial charge in [-0.1, -0.05) is 23.8 Å². The van der Waals surface area contributed by atoms with Crippen LogP contribution in [0.3, 0.4) is 0 Å². The van der Waals surface area contributed by atoms with Crippen molar-refractivity contribution < 1.29 is 4.79 Å². The van der Waals surface area contributed by atoms with Crippen molar-refractivity contribution in [2.75, 3.05) is 11.4 Å². The van der Waals surface area contributed by atoms with Crippen molar-refractivity contribution in [3.8, 4) is 0 Å². The van der Waals surface area contributed by atoms with E-state index in [0.717, 1.165) is 36.3 Å². The number of carbonyl (C=O) groups excluding carboxylic acids is 1. The molecule has 1 aromatic carbocycles. The van der Waals surface area contributed by atoms with Gasteiger partial charge in [0.25, 0.3) is 5.91 Å². The average Bonchev–Trinajstić information content (AvgIpc) is 2.53. The Hall–Kier alpha value is -2.42. The predicted molar refractivity (Wildman–Crippen MR) is 89.9 cm³/mol. The number of rotatable bonds is 2. The second kappa shape index (κ2) is 6.14. The van der Waals surface area contributed by atoms with Crippen LogP contribution in [-0.2, 0) is 11.2 Å². The second-order valence-corrected chi connectivity index (χ2v) is 5.76. The summed E-state index contributed by atoms with van der Waals surface area (Å²) < 4.78 is 0. The van der Waals surface area contributed by atoms with Crippen LogP contribution >= 0.6 is 0 Å². The molecule has 2 aromatic rings. The zero-order valence-electron chi connectivity index (χ0n) is 13.0. The molecule has 3 heteroatoms. The number of pyridine rings is 1. The minimum absolute atomic E-state index is 0.0222. The molecule has 1 aromatic heterocycles. The smallest absolute Gasteiger partial charge is 0.251 e.